The molecule has 0 bridgehead atoms. The van der Waals surface area contributed by atoms with Crippen LogP contribution in [0.5, 0.6) is 0 Å². The molecule has 0 aromatic carbocycles. The van der Waals surface area contributed by atoms with E-state index in [4.69, 9.17) is 0 Å². The van der Waals surface area contributed by atoms with E-state index in [0.717, 1.165) is 12.8 Å². The lowest BCUT2D eigenvalue weighted by molar-refractivity contribution is -0.127. The Balaban J connectivity index is 2.66. The van der Waals surface area contributed by atoms with Crippen molar-refractivity contribution >= 4 is 5.78 Å². The van der Waals surface area contributed by atoms with Crippen molar-refractivity contribution in [3.05, 3.63) is 0 Å². The average Bonchev–Trinajstić information content (AvgIpc) is 2.65. The molecule has 1 rings (SSSR count). The fraction of sp³-hybridized carbons (Fsp3) is 0.889. The van der Waals surface area contributed by atoms with E-state index in [0.29, 0.717) is 5.78 Å². The van der Waals surface area contributed by atoms with Gasteiger partial charge in [0.05, 0.1) is 5.54 Å². The first kappa shape index (κ1) is 8.72. The number of carbonyl (C=O) groups is 1. The lowest BCUT2D eigenvalue weighted by Gasteiger charge is -2.23. The summed E-state index contributed by atoms with van der Waals surface area (Å²) >= 11 is 0. The third-order valence-corrected chi connectivity index (χ3v) is 2.56. The topological polar surface area (TPSA) is 20.3 Å². The standard InChI is InChI=1S/C9H17NO/c1-7(2)8(11)9(5-6-9)10(3)4/h7H,5-6H2,1-4H3. The SMILES string of the molecule is CC(C)C(=O)C1(N(C)C)CC1. The summed E-state index contributed by atoms with van der Waals surface area (Å²) in [6.07, 6.45) is 2.11. The van der Waals surface area contributed by atoms with E-state index in [1.165, 1.54) is 0 Å². The number of likely N-dealkylation sites (N-methyl/N-ethyl adjacent to an activating group) is 1. The molecule has 0 amide bonds. The fourth-order valence-electron chi connectivity index (χ4n) is 1.57. The highest BCUT2D eigenvalue weighted by Gasteiger charge is 2.51. The van der Waals surface area contributed by atoms with Gasteiger partial charge in [0.15, 0.2) is 5.78 Å². The molecule has 0 atom stereocenters. The minimum Gasteiger partial charge on any atom is -0.297 e. The molecule has 0 unspecified atom stereocenters. The molecule has 0 spiro atoms. The van der Waals surface area contributed by atoms with Crippen molar-refractivity contribution in [2.45, 2.75) is 32.2 Å². The molecule has 0 radical (unpaired) electrons. The highest BCUT2D eigenvalue weighted by Crippen LogP contribution is 2.42. The van der Waals surface area contributed by atoms with Crippen molar-refractivity contribution in [3.8, 4) is 0 Å². The second kappa shape index (κ2) is 2.59. The molecule has 1 fully saturated rings. The van der Waals surface area contributed by atoms with Crippen LogP contribution in [0.4, 0.5) is 0 Å². The first-order chi connectivity index (χ1) is 5.00. The second-order valence-electron chi connectivity index (χ2n) is 3.94. The largest absolute Gasteiger partial charge is 0.297 e. The Bertz CT molecular complexity index is 168. The Labute approximate surface area is 68.6 Å². The van der Waals surface area contributed by atoms with E-state index in [-0.39, 0.29) is 11.5 Å². The van der Waals surface area contributed by atoms with Crippen molar-refractivity contribution in [2.24, 2.45) is 5.92 Å². The molecule has 1 aliphatic carbocycles. The quantitative estimate of drug-likeness (QED) is 0.612. The zero-order valence-electron chi connectivity index (χ0n) is 7.85. The summed E-state index contributed by atoms with van der Waals surface area (Å²) in [6.45, 7) is 3.96. The number of rotatable bonds is 3. The van der Waals surface area contributed by atoms with Gasteiger partial charge in [0.25, 0.3) is 0 Å². The third-order valence-electron chi connectivity index (χ3n) is 2.56. The summed E-state index contributed by atoms with van der Waals surface area (Å²) in [5, 5.41) is 0. The first-order valence-electron chi connectivity index (χ1n) is 4.22. The Morgan fingerprint density at radius 1 is 1.36 bits per heavy atom. The van der Waals surface area contributed by atoms with Crippen molar-refractivity contribution < 1.29 is 4.79 Å². The maximum absolute atomic E-state index is 11.6. The molecule has 1 saturated carbocycles. The molecule has 1 aliphatic rings. The molecule has 0 saturated heterocycles. The van der Waals surface area contributed by atoms with Gasteiger partial charge in [0, 0.05) is 5.92 Å². The lowest BCUT2D eigenvalue weighted by Crippen LogP contribution is -2.40. The molecule has 2 heteroatoms. The Kier molecular flexibility index (Phi) is 2.06. The van der Waals surface area contributed by atoms with Gasteiger partial charge in [-0.1, -0.05) is 13.8 Å². The molecule has 0 aromatic heterocycles. The van der Waals surface area contributed by atoms with Crippen molar-refractivity contribution in [1.82, 2.24) is 4.90 Å². The van der Waals surface area contributed by atoms with Crippen LogP contribution in [-0.4, -0.2) is 30.3 Å². The molecule has 11 heavy (non-hydrogen) atoms. The normalized spacial score (nSPS) is 20.9. The van der Waals surface area contributed by atoms with E-state index in [2.05, 4.69) is 4.90 Å². The summed E-state index contributed by atoms with van der Waals surface area (Å²) < 4.78 is 0. The van der Waals surface area contributed by atoms with E-state index >= 15 is 0 Å². The Morgan fingerprint density at radius 2 is 1.82 bits per heavy atom. The van der Waals surface area contributed by atoms with Crippen molar-refractivity contribution in [3.63, 3.8) is 0 Å². The number of hydrogen-bond donors (Lipinski definition) is 0. The van der Waals surface area contributed by atoms with Gasteiger partial charge >= 0.3 is 0 Å². The number of carbonyl (C=O) groups excluding carboxylic acids is 1. The highest BCUT2D eigenvalue weighted by molar-refractivity contribution is 5.92. The van der Waals surface area contributed by atoms with Gasteiger partial charge in [-0.25, -0.2) is 0 Å². The zero-order valence-corrected chi connectivity index (χ0v) is 7.85. The van der Waals surface area contributed by atoms with E-state index in [1.54, 1.807) is 0 Å². The fourth-order valence-corrected chi connectivity index (χ4v) is 1.57. The summed E-state index contributed by atoms with van der Waals surface area (Å²) in [5.41, 5.74) is -0.0752. The predicted molar refractivity (Wildman–Crippen MR) is 45.5 cm³/mol. The number of Topliss-reactive ketones (excluding diaryl/α,β-unsaturated/α-hetero) is 1. The molecule has 64 valence electrons. The molecule has 0 aliphatic heterocycles. The maximum Gasteiger partial charge on any atom is 0.155 e. The van der Waals surface area contributed by atoms with Gasteiger partial charge in [0.1, 0.15) is 0 Å². The van der Waals surface area contributed by atoms with Crippen LogP contribution in [0.15, 0.2) is 0 Å². The summed E-state index contributed by atoms with van der Waals surface area (Å²) in [5.74, 6) is 0.586. The molecule has 2 nitrogen and oxygen atoms in total. The van der Waals surface area contributed by atoms with Crippen LogP contribution in [0.25, 0.3) is 0 Å². The van der Waals surface area contributed by atoms with E-state index in [1.807, 2.05) is 27.9 Å². The van der Waals surface area contributed by atoms with Crippen LogP contribution in [0.2, 0.25) is 0 Å². The van der Waals surface area contributed by atoms with Crippen LogP contribution in [0, 0.1) is 5.92 Å². The minimum absolute atomic E-state index is 0.0752. The highest BCUT2D eigenvalue weighted by atomic mass is 16.1. The van der Waals surface area contributed by atoms with Crippen LogP contribution >= 0.6 is 0 Å². The van der Waals surface area contributed by atoms with Gasteiger partial charge in [0.2, 0.25) is 0 Å². The summed E-state index contributed by atoms with van der Waals surface area (Å²) in [4.78, 5) is 13.7. The predicted octanol–water partition coefficient (Wildman–Crippen LogP) is 1.31. The maximum atomic E-state index is 11.6. The molecule has 0 heterocycles. The van der Waals surface area contributed by atoms with Gasteiger partial charge < -0.3 is 0 Å². The molecular weight excluding hydrogens is 138 g/mol. The zero-order chi connectivity index (χ0) is 8.65. The Morgan fingerprint density at radius 3 is 1.91 bits per heavy atom. The monoisotopic (exact) mass is 155 g/mol. The van der Waals surface area contributed by atoms with Crippen molar-refractivity contribution in [1.29, 1.82) is 0 Å². The molecule has 0 aromatic rings. The van der Waals surface area contributed by atoms with E-state index in [9.17, 15) is 4.79 Å². The number of hydrogen-bond acceptors (Lipinski definition) is 2. The van der Waals surface area contributed by atoms with Crippen LogP contribution in [0.3, 0.4) is 0 Å². The first-order valence-corrected chi connectivity index (χ1v) is 4.22. The molecule has 0 N–H and O–H groups in total. The molecular formula is C9H17NO. The van der Waals surface area contributed by atoms with E-state index < -0.39 is 0 Å². The smallest absolute Gasteiger partial charge is 0.155 e. The van der Waals surface area contributed by atoms with Gasteiger partial charge in [-0.3, -0.25) is 9.69 Å². The van der Waals surface area contributed by atoms with Gasteiger partial charge in [-0.2, -0.15) is 0 Å². The summed E-state index contributed by atoms with van der Waals surface area (Å²) in [7, 11) is 3.99. The minimum atomic E-state index is -0.0752. The summed E-state index contributed by atoms with van der Waals surface area (Å²) in [6, 6.07) is 0. The lowest BCUT2D eigenvalue weighted by atomic mass is 9.99. The number of ketones is 1. The van der Waals surface area contributed by atoms with Crippen LogP contribution in [-0.2, 0) is 4.79 Å². The third kappa shape index (κ3) is 1.32. The Hall–Kier alpha value is -0.370. The second-order valence-corrected chi connectivity index (χ2v) is 3.94. The van der Waals surface area contributed by atoms with Crippen LogP contribution < -0.4 is 0 Å². The van der Waals surface area contributed by atoms with Gasteiger partial charge in [-0.05, 0) is 26.9 Å². The van der Waals surface area contributed by atoms with Crippen molar-refractivity contribution in [2.75, 3.05) is 14.1 Å². The number of nitrogens with zero attached hydrogens (tertiary/aromatic N) is 1. The van der Waals surface area contributed by atoms with Gasteiger partial charge in [-0.15, -0.1) is 0 Å². The average molecular weight is 155 g/mol. The van der Waals surface area contributed by atoms with Crippen LogP contribution in [0.1, 0.15) is 26.7 Å².